The monoisotopic (exact) mass is 291 g/mol. The minimum atomic E-state index is -4.82. The third kappa shape index (κ3) is 2.84. The molecule has 96 valence electrons. The van der Waals surface area contributed by atoms with Crippen LogP contribution in [0.2, 0.25) is 0 Å². The lowest BCUT2D eigenvalue weighted by molar-refractivity contribution is -0.165. The van der Waals surface area contributed by atoms with Crippen molar-refractivity contribution in [2.75, 3.05) is 11.6 Å². The van der Waals surface area contributed by atoms with Crippen LogP contribution < -0.4 is 5.32 Å². The van der Waals surface area contributed by atoms with Gasteiger partial charge in [0.1, 0.15) is 0 Å². The van der Waals surface area contributed by atoms with E-state index in [9.17, 15) is 18.0 Å². The number of ketones is 1. The summed E-state index contributed by atoms with van der Waals surface area (Å²) in [5.41, 5.74) is 0.721. The maximum atomic E-state index is 12.1. The number of rotatable bonds is 2. The molecule has 0 amide bonds. The molecule has 2 nitrogen and oxygen atoms in total. The molecule has 0 saturated heterocycles. The Balaban J connectivity index is 2.20. The Morgan fingerprint density at radius 2 is 2.17 bits per heavy atom. The largest absolute Gasteiger partial charge is 0.454 e. The molecule has 0 bridgehead atoms. The van der Waals surface area contributed by atoms with Crippen molar-refractivity contribution >= 4 is 35.0 Å². The van der Waals surface area contributed by atoms with Gasteiger partial charge < -0.3 is 5.32 Å². The first-order chi connectivity index (χ1) is 8.40. The van der Waals surface area contributed by atoms with Gasteiger partial charge in [-0.05, 0) is 24.5 Å². The summed E-state index contributed by atoms with van der Waals surface area (Å²) in [6, 6.07) is 5.52. The van der Waals surface area contributed by atoms with E-state index in [1.54, 1.807) is 17.8 Å². The molecular formula is C11H8F3NOS2. The molecule has 0 aliphatic carbocycles. The number of benzene rings is 1. The molecule has 0 unspecified atom stereocenters. The highest BCUT2D eigenvalue weighted by molar-refractivity contribution is 8.03. The van der Waals surface area contributed by atoms with Crippen LogP contribution in [0.5, 0.6) is 0 Å². The third-order valence-electron chi connectivity index (χ3n) is 2.21. The minimum absolute atomic E-state index is 0.200. The van der Waals surface area contributed by atoms with Gasteiger partial charge in [0.15, 0.2) is 0 Å². The predicted octanol–water partition coefficient (Wildman–Crippen LogP) is 3.90. The molecule has 0 atom stereocenters. The molecule has 1 aromatic rings. The number of alkyl halides is 3. The molecule has 1 heterocycles. The van der Waals surface area contributed by atoms with Gasteiger partial charge in [0, 0.05) is 15.9 Å². The summed E-state index contributed by atoms with van der Waals surface area (Å²) < 4.78 is 36.3. The lowest BCUT2D eigenvalue weighted by atomic mass is 10.3. The van der Waals surface area contributed by atoms with Crippen molar-refractivity contribution in [3.8, 4) is 0 Å². The van der Waals surface area contributed by atoms with Crippen molar-refractivity contribution < 1.29 is 18.0 Å². The maximum absolute atomic E-state index is 12.1. The molecule has 1 aromatic carbocycles. The van der Waals surface area contributed by atoms with Gasteiger partial charge in [0.25, 0.3) is 5.78 Å². The Labute approximate surface area is 110 Å². The molecule has 0 spiro atoms. The number of anilines is 1. The van der Waals surface area contributed by atoms with Crippen molar-refractivity contribution in [3.63, 3.8) is 0 Å². The van der Waals surface area contributed by atoms with E-state index in [2.05, 4.69) is 5.32 Å². The molecule has 7 heteroatoms. The van der Waals surface area contributed by atoms with Crippen LogP contribution in [0.25, 0.3) is 0 Å². The number of hydrogen-bond acceptors (Lipinski definition) is 4. The van der Waals surface area contributed by atoms with Crippen LogP contribution >= 0.6 is 23.5 Å². The van der Waals surface area contributed by atoms with Gasteiger partial charge in [0.05, 0.1) is 10.7 Å². The van der Waals surface area contributed by atoms with Gasteiger partial charge in [0.2, 0.25) is 0 Å². The number of nitrogens with one attached hydrogen (secondary N) is 1. The first-order valence-electron chi connectivity index (χ1n) is 4.86. The van der Waals surface area contributed by atoms with Gasteiger partial charge in [-0.25, -0.2) is 0 Å². The molecule has 0 fully saturated rings. The van der Waals surface area contributed by atoms with Crippen LogP contribution in [0.3, 0.4) is 0 Å². The molecule has 0 saturated carbocycles. The highest BCUT2D eigenvalue weighted by Crippen LogP contribution is 2.42. The summed E-state index contributed by atoms with van der Waals surface area (Å²) in [5, 5.41) is 2.98. The number of carbonyl (C=O) groups excluding carboxylic acids is 1. The maximum Gasteiger partial charge on any atom is 0.454 e. The molecule has 2 rings (SSSR count). The molecule has 0 radical (unpaired) electrons. The van der Waals surface area contributed by atoms with Gasteiger partial charge in [-0.2, -0.15) is 13.2 Å². The average molecular weight is 291 g/mol. The summed E-state index contributed by atoms with van der Waals surface area (Å²) in [6.45, 7) is 0. The molecule has 1 N–H and O–H groups in total. The van der Waals surface area contributed by atoms with Crippen LogP contribution in [0.1, 0.15) is 0 Å². The number of thioether (sulfide) groups is 2. The summed E-state index contributed by atoms with van der Waals surface area (Å²) in [5.74, 6) is -1.85. The van der Waals surface area contributed by atoms with Crippen LogP contribution in [0.4, 0.5) is 18.9 Å². The van der Waals surface area contributed by atoms with E-state index in [1.165, 1.54) is 0 Å². The summed E-state index contributed by atoms with van der Waals surface area (Å²) >= 11 is 2.67. The smallest absolute Gasteiger partial charge is 0.349 e. The fourth-order valence-electron chi connectivity index (χ4n) is 1.36. The molecule has 1 aliphatic heterocycles. The van der Waals surface area contributed by atoms with Gasteiger partial charge in [-0.1, -0.05) is 11.8 Å². The number of fused-ring (bicyclic) bond motifs is 1. The number of hydrogen-bond donors (Lipinski definition) is 1. The fraction of sp³-hybridized carbons (Fsp3) is 0.182. The van der Waals surface area contributed by atoms with Crippen LogP contribution in [0.15, 0.2) is 39.1 Å². The standard InChI is InChI=1S/C11H8F3NOS2/c1-17-6-2-3-7-8(4-6)18-10(15-7)5-9(16)11(12,13)14/h2-5,15H,1H3/b10-5+. The van der Waals surface area contributed by atoms with Gasteiger partial charge in [-0.15, -0.1) is 11.8 Å². The van der Waals surface area contributed by atoms with Crippen LogP contribution in [0, 0.1) is 0 Å². The Bertz CT molecular complexity index is 526. The Kier molecular flexibility index (Phi) is 3.63. The molecule has 0 aromatic heterocycles. The minimum Gasteiger partial charge on any atom is -0.349 e. The van der Waals surface area contributed by atoms with Crippen molar-refractivity contribution in [3.05, 3.63) is 29.3 Å². The lowest BCUT2D eigenvalue weighted by Crippen LogP contribution is -2.20. The van der Waals surface area contributed by atoms with Crippen molar-refractivity contribution in [2.24, 2.45) is 0 Å². The average Bonchev–Trinajstić information content (AvgIpc) is 2.68. The van der Waals surface area contributed by atoms with E-state index in [0.717, 1.165) is 27.2 Å². The topological polar surface area (TPSA) is 29.1 Å². The second-order valence-corrected chi connectivity index (χ2v) is 5.42. The van der Waals surface area contributed by atoms with Crippen LogP contribution in [-0.2, 0) is 4.79 Å². The number of halogens is 3. The summed E-state index contributed by atoms with van der Waals surface area (Å²) in [4.78, 5) is 12.7. The van der Waals surface area contributed by atoms with E-state index < -0.39 is 12.0 Å². The van der Waals surface area contributed by atoms with E-state index in [-0.39, 0.29) is 5.03 Å². The quantitative estimate of drug-likeness (QED) is 0.661. The van der Waals surface area contributed by atoms with Gasteiger partial charge >= 0.3 is 6.18 Å². The predicted molar refractivity (Wildman–Crippen MR) is 66.8 cm³/mol. The highest BCUT2D eigenvalue weighted by atomic mass is 32.2. The van der Waals surface area contributed by atoms with E-state index >= 15 is 0 Å². The summed E-state index contributed by atoms with van der Waals surface area (Å²) in [6.07, 6.45) is -2.32. The van der Waals surface area contributed by atoms with Crippen molar-refractivity contribution in [1.29, 1.82) is 0 Å². The second kappa shape index (κ2) is 4.89. The number of allylic oxidation sites excluding steroid dienone is 1. The van der Waals surface area contributed by atoms with Crippen LogP contribution in [-0.4, -0.2) is 18.2 Å². The molecule has 18 heavy (non-hydrogen) atoms. The van der Waals surface area contributed by atoms with Crippen molar-refractivity contribution in [2.45, 2.75) is 16.0 Å². The zero-order chi connectivity index (χ0) is 13.3. The van der Waals surface area contributed by atoms with Crippen molar-refractivity contribution in [1.82, 2.24) is 0 Å². The van der Waals surface area contributed by atoms with E-state index in [4.69, 9.17) is 0 Å². The SMILES string of the molecule is CSc1ccc2c(c1)S/C(=C/C(=O)C(F)(F)F)N2. The zero-order valence-corrected chi connectivity index (χ0v) is 10.8. The lowest BCUT2D eigenvalue weighted by Gasteiger charge is -2.01. The first-order valence-corrected chi connectivity index (χ1v) is 6.90. The Hall–Kier alpha value is -1.08. The zero-order valence-electron chi connectivity index (χ0n) is 9.17. The third-order valence-corrected chi connectivity index (χ3v) is 3.93. The van der Waals surface area contributed by atoms with E-state index in [0.29, 0.717) is 6.08 Å². The normalized spacial score (nSPS) is 16.6. The number of carbonyl (C=O) groups is 1. The Morgan fingerprint density at radius 3 is 2.78 bits per heavy atom. The molecule has 1 aliphatic rings. The fourth-order valence-corrected chi connectivity index (χ4v) is 2.85. The first kappa shape index (κ1) is 13.4. The van der Waals surface area contributed by atoms with E-state index in [1.807, 2.05) is 18.4 Å². The summed E-state index contributed by atoms with van der Waals surface area (Å²) in [7, 11) is 0. The molecular weight excluding hydrogens is 283 g/mol. The Morgan fingerprint density at radius 1 is 1.44 bits per heavy atom. The second-order valence-electron chi connectivity index (χ2n) is 3.46. The van der Waals surface area contributed by atoms with Gasteiger partial charge in [-0.3, -0.25) is 4.79 Å². The highest BCUT2D eigenvalue weighted by Gasteiger charge is 2.37.